The second kappa shape index (κ2) is 8.64. The van der Waals surface area contributed by atoms with Crippen LogP contribution in [0.3, 0.4) is 0 Å². The van der Waals surface area contributed by atoms with Gasteiger partial charge in [0.1, 0.15) is 0 Å². The summed E-state index contributed by atoms with van der Waals surface area (Å²) in [5.74, 6) is -0.147. The number of esters is 1. The van der Waals surface area contributed by atoms with E-state index in [2.05, 4.69) is 23.9 Å². The fraction of sp³-hybridized carbons (Fsp3) is 0.556. The summed E-state index contributed by atoms with van der Waals surface area (Å²) in [6.45, 7) is 3.97. The summed E-state index contributed by atoms with van der Waals surface area (Å²) >= 11 is 0. The zero-order chi connectivity index (χ0) is 19.3. The van der Waals surface area contributed by atoms with E-state index in [1.807, 2.05) is 0 Å². The summed E-state index contributed by atoms with van der Waals surface area (Å²) in [5, 5.41) is 14.1. The minimum atomic E-state index is -0.683. The molecule has 2 rings (SSSR count). The minimum Gasteiger partial charge on any atom is -0.477 e. The SMILES string of the molecule is COC(=O)c1ccc(OCC(=O)N[C@@H]2CCC[C@@H](C)[C@H]2C)c([N+](=O)[O-])c1. The molecule has 142 valence electrons. The average Bonchev–Trinajstić information content (AvgIpc) is 2.63. The molecule has 0 unspecified atom stereocenters. The predicted molar refractivity (Wildman–Crippen MR) is 94.0 cm³/mol. The van der Waals surface area contributed by atoms with Crippen LogP contribution in [0.5, 0.6) is 5.75 Å². The van der Waals surface area contributed by atoms with Crippen LogP contribution < -0.4 is 10.1 Å². The largest absolute Gasteiger partial charge is 0.477 e. The topological polar surface area (TPSA) is 108 Å². The van der Waals surface area contributed by atoms with Gasteiger partial charge in [-0.1, -0.05) is 26.7 Å². The van der Waals surface area contributed by atoms with Crippen LogP contribution in [-0.4, -0.2) is 36.6 Å². The summed E-state index contributed by atoms with van der Waals surface area (Å²) in [5.41, 5.74) is -0.346. The summed E-state index contributed by atoms with van der Waals surface area (Å²) in [6, 6.07) is 3.82. The molecular weight excluding hydrogens is 340 g/mol. The molecule has 0 aromatic heterocycles. The van der Waals surface area contributed by atoms with Crippen LogP contribution in [0.15, 0.2) is 18.2 Å². The van der Waals surface area contributed by atoms with Crippen LogP contribution >= 0.6 is 0 Å². The van der Waals surface area contributed by atoms with Crippen molar-refractivity contribution in [2.45, 2.75) is 39.2 Å². The van der Waals surface area contributed by atoms with Crippen molar-refractivity contribution in [3.05, 3.63) is 33.9 Å². The van der Waals surface area contributed by atoms with Gasteiger partial charge in [-0.05, 0) is 30.4 Å². The molecular formula is C18H24N2O6. The number of rotatable bonds is 6. The highest BCUT2D eigenvalue weighted by atomic mass is 16.6. The molecule has 1 aromatic carbocycles. The van der Waals surface area contributed by atoms with Crippen LogP contribution in [0, 0.1) is 22.0 Å². The molecule has 3 atom stereocenters. The van der Waals surface area contributed by atoms with Gasteiger partial charge >= 0.3 is 11.7 Å². The van der Waals surface area contributed by atoms with Crippen LogP contribution in [0.1, 0.15) is 43.5 Å². The summed E-state index contributed by atoms with van der Waals surface area (Å²) in [7, 11) is 1.19. The highest BCUT2D eigenvalue weighted by Crippen LogP contribution is 2.30. The third-order valence-corrected chi connectivity index (χ3v) is 4.99. The molecule has 1 saturated carbocycles. The number of nitrogens with zero attached hydrogens (tertiary/aromatic N) is 1. The Balaban J connectivity index is 2.00. The van der Waals surface area contributed by atoms with Gasteiger partial charge < -0.3 is 14.8 Å². The Morgan fingerprint density at radius 1 is 1.31 bits per heavy atom. The second-order valence-electron chi connectivity index (χ2n) is 6.66. The van der Waals surface area contributed by atoms with Crippen LogP contribution in [0.2, 0.25) is 0 Å². The van der Waals surface area contributed by atoms with Crippen molar-refractivity contribution < 1.29 is 24.0 Å². The summed E-state index contributed by atoms with van der Waals surface area (Å²) in [6.07, 6.45) is 3.14. The highest BCUT2D eigenvalue weighted by Gasteiger charge is 2.28. The molecule has 0 aliphatic heterocycles. The van der Waals surface area contributed by atoms with E-state index < -0.39 is 10.9 Å². The number of benzene rings is 1. The number of ether oxygens (including phenoxy) is 2. The molecule has 8 heteroatoms. The third kappa shape index (κ3) is 4.71. The Labute approximate surface area is 152 Å². The van der Waals surface area contributed by atoms with E-state index >= 15 is 0 Å². The lowest BCUT2D eigenvalue weighted by Gasteiger charge is -2.34. The zero-order valence-electron chi connectivity index (χ0n) is 15.2. The number of hydrogen-bond acceptors (Lipinski definition) is 6. The van der Waals surface area contributed by atoms with Crippen LogP contribution in [0.25, 0.3) is 0 Å². The number of nitrogens with one attached hydrogen (secondary N) is 1. The molecule has 0 radical (unpaired) electrons. The van der Waals surface area contributed by atoms with Gasteiger partial charge in [0.25, 0.3) is 5.91 Å². The van der Waals surface area contributed by atoms with Crippen molar-refractivity contribution in [2.75, 3.05) is 13.7 Å². The van der Waals surface area contributed by atoms with E-state index in [9.17, 15) is 19.7 Å². The Bertz CT molecular complexity index is 690. The molecule has 1 N–H and O–H groups in total. The quantitative estimate of drug-likeness (QED) is 0.472. The number of amides is 1. The van der Waals surface area contributed by atoms with Gasteiger partial charge in [0, 0.05) is 12.1 Å². The second-order valence-corrected chi connectivity index (χ2v) is 6.66. The number of hydrogen-bond donors (Lipinski definition) is 1. The number of methoxy groups -OCH3 is 1. The van der Waals surface area contributed by atoms with Crippen molar-refractivity contribution in [1.82, 2.24) is 5.32 Å². The smallest absolute Gasteiger partial charge is 0.338 e. The Kier molecular flexibility index (Phi) is 6.54. The average molecular weight is 364 g/mol. The molecule has 1 aliphatic rings. The van der Waals surface area contributed by atoms with Gasteiger partial charge in [-0.15, -0.1) is 0 Å². The van der Waals surface area contributed by atoms with Gasteiger partial charge in [-0.2, -0.15) is 0 Å². The third-order valence-electron chi connectivity index (χ3n) is 4.99. The fourth-order valence-corrected chi connectivity index (χ4v) is 3.20. The Morgan fingerprint density at radius 2 is 2.04 bits per heavy atom. The molecule has 26 heavy (non-hydrogen) atoms. The lowest BCUT2D eigenvalue weighted by Crippen LogP contribution is -2.45. The van der Waals surface area contributed by atoms with Crippen LogP contribution in [-0.2, 0) is 9.53 Å². The fourth-order valence-electron chi connectivity index (χ4n) is 3.20. The van der Waals surface area contributed by atoms with Gasteiger partial charge in [0.2, 0.25) is 0 Å². The molecule has 0 saturated heterocycles. The maximum atomic E-state index is 12.2. The zero-order valence-corrected chi connectivity index (χ0v) is 15.2. The molecule has 1 aliphatic carbocycles. The Hall–Kier alpha value is -2.64. The van der Waals surface area contributed by atoms with Gasteiger partial charge in [0.15, 0.2) is 12.4 Å². The van der Waals surface area contributed by atoms with E-state index in [0.717, 1.165) is 25.3 Å². The monoisotopic (exact) mass is 364 g/mol. The summed E-state index contributed by atoms with van der Waals surface area (Å²) in [4.78, 5) is 34.2. The van der Waals surface area contributed by atoms with Crippen molar-refractivity contribution >= 4 is 17.6 Å². The first-order valence-electron chi connectivity index (χ1n) is 8.62. The van der Waals surface area contributed by atoms with Crippen molar-refractivity contribution in [3.63, 3.8) is 0 Å². The molecule has 1 aromatic rings. The van der Waals surface area contributed by atoms with Gasteiger partial charge in [-0.25, -0.2) is 4.79 Å². The molecule has 1 amide bonds. The molecule has 1 fully saturated rings. The summed E-state index contributed by atoms with van der Waals surface area (Å²) < 4.78 is 9.87. The van der Waals surface area contributed by atoms with E-state index in [1.165, 1.54) is 19.2 Å². The minimum absolute atomic E-state index is 0.0426. The van der Waals surface area contributed by atoms with E-state index in [0.29, 0.717) is 11.8 Å². The first-order valence-corrected chi connectivity index (χ1v) is 8.62. The number of nitro groups is 1. The predicted octanol–water partition coefficient (Wildman–Crippen LogP) is 2.70. The number of nitro benzene ring substituents is 1. The maximum Gasteiger partial charge on any atom is 0.338 e. The van der Waals surface area contributed by atoms with E-state index in [-0.39, 0.29) is 35.6 Å². The number of carbonyl (C=O) groups is 2. The van der Waals surface area contributed by atoms with Gasteiger partial charge in [0.05, 0.1) is 17.6 Å². The maximum absolute atomic E-state index is 12.2. The highest BCUT2D eigenvalue weighted by molar-refractivity contribution is 5.90. The molecule has 8 nitrogen and oxygen atoms in total. The molecule has 0 bridgehead atoms. The van der Waals surface area contributed by atoms with Gasteiger partial charge in [-0.3, -0.25) is 14.9 Å². The first kappa shape index (κ1) is 19.7. The lowest BCUT2D eigenvalue weighted by molar-refractivity contribution is -0.385. The first-order chi connectivity index (χ1) is 12.3. The number of carbonyl (C=O) groups excluding carboxylic acids is 2. The van der Waals surface area contributed by atoms with Crippen molar-refractivity contribution in [2.24, 2.45) is 11.8 Å². The van der Waals surface area contributed by atoms with Crippen molar-refractivity contribution in [1.29, 1.82) is 0 Å². The van der Waals surface area contributed by atoms with E-state index in [1.54, 1.807) is 0 Å². The normalized spacial score (nSPS) is 22.3. The Morgan fingerprint density at radius 3 is 2.69 bits per heavy atom. The van der Waals surface area contributed by atoms with E-state index in [4.69, 9.17) is 4.74 Å². The standard InChI is InChI=1S/C18H24N2O6/c1-11-5-4-6-14(12(11)2)19-17(21)10-26-16-8-7-13(18(22)25-3)9-15(16)20(23)24/h7-9,11-12,14H,4-6,10H2,1-3H3,(H,19,21)/t11-,12-,14-/m1/s1. The molecule has 0 spiro atoms. The lowest BCUT2D eigenvalue weighted by atomic mass is 9.78. The molecule has 0 heterocycles. The van der Waals surface area contributed by atoms with Crippen LogP contribution in [0.4, 0.5) is 5.69 Å². The van der Waals surface area contributed by atoms with Crippen molar-refractivity contribution in [3.8, 4) is 5.75 Å².